The second-order valence-corrected chi connectivity index (χ2v) is 5.07. The SMILES string of the molecule is CCC(=O)Nc1ccc(C)c(NCc2cccn2CC)c1. The fourth-order valence-electron chi connectivity index (χ4n) is 2.24. The number of amides is 1. The van der Waals surface area contributed by atoms with Gasteiger partial charge in [-0.3, -0.25) is 4.79 Å². The molecule has 4 heteroatoms. The molecule has 2 N–H and O–H groups in total. The Balaban J connectivity index is 2.08. The molecule has 2 rings (SSSR count). The molecule has 0 radical (unpaired) electrons. The van der Waals surface area contributed by atoms with Crippen LogP contribution in [0.25, 0.3) is 0 Å². The molecule has 0 saturated heterocycles. The van der Waals surface area contributed by atoms with Crippen molar-refractivity contribution in [3.05, 3.63) is 47.8 Å². The predicted octanol–water partition coefficient (Wildman–Crippen LogP) is 3.78. The highest BCUT2D eigenvalue weighted by Crippen LogP contribution is 2.21. The van der Waals surface area contributed by atoms with Crippen molar-refractivity contribution < 1.29 is 4.79 Å². The van der Waals surface area contributed by atoms with E-state index in [0.717, 1.165) is 24.5 Å². The number of carbonyl (C=O) groups is 1. The Bertz CT molecular complexity index is 616. The van der Waals surface area contributed by atoms with Crippen LogP contribution in [-0.4, -0.2) is 10.5 Å². The number of hydrogen-bond acceptors (Lipinski definition) is 2. The summed E-state index contributed by atoms with van der Waals surface area (Å²) in [4.78, 5) is 11.5. The highest BCUT2D eigenvalue weighted by molar-refractivity contribution is 5.91. The molecule has 2 aromatic rings. The van der Waals surface area contributed by atoms with E-state index in [2.05, 4.69) is 47.4 Å². The van der Waals surface area contributed by atoms with E-state index in [9.17, 15) is 4.79 Å². The Morgan fingerprint density at radius 2 is 2.05 bits per heavy atom. The molecule has 1 amide bonds. The molecule has 4 nitrogen and oxygen atoms in total. The van der Waals surface area contributed by atoms with Crippen LogP contribution in [0, 0.1) is 6.92 Å². The van der Waals surface area contributed by atoms with E-state index >= 15 is 0 Å². The summed E-state index contributed by atoms with van der Waals surface area (Å²) in [5, 5.41) is 6.34. The standard InChI is InChI=1S/C17H23N3O/c1-4-17(21)19-14-9-8-13(3)16(11-14)18-12-15-7-6-10-20(15)5-2/h6-11,18H,4-5,12H2,1-3H3,(H,19,21). The van der Waals surface area contributed by atoms with Crippen LogP contribution in [0.2, 0.25) is 0 Å². The number of anilines is 2. The molecule has 0 bridgehead atoms. The number of rotatable bonds is 6. The zero-order valence-electron chi connectivity index (χ0n) is 12.9. The van der Waals surface area contributed by atoms with E-state index < -0.39 is 0 Å². The molecule has 1 heterocycles. The number of hydrogen-bond donors (Lipinski definition) is 2. The lowest BCUT2D eigenvalue weighted by atomic mass is 10.1. The predicted molar refractivity (Wildman–Crippen MR) is 87.5 cm³/mol. The molecule has 0 aliphatic rings. The minimum Gasteiger partial charge on any atom is -0.379 e. The molecule has 0 aliphatic heterocycles. The van der Waals surface area contributed by atoms with Crippen LogP contribution >= 0.6 is 0 Å². The summed E-state index contributed by atoms with van der Waals surface area (Å²) in [5.74, 6) is 0.0321. The van der Waals surface area contributed by atoms with Crippen molar-refractivity contribution >= 4 is 17.3 Å². The molecule has 21 heavy (non-hydrogen) atoms. The van der Waals surface area contributed by atoms with Crippen molar-refractivity contribution in [1.29, 1.82) is 0 Å². The van der Waals surface area contributed by atoms with Crippen molar-refractivity contribution in [2.45, 2.75) is 40.3 Å². The molecule has 0 spiro atoms. The van der Waals surface area contributed by atoms with E-state index in [1.54, 1.807) is 0 Å². The van der Waals surface area contributed by atoms with Gasteiger partial charge in [0, 0.05) is 36.2 Å². The summed E-state index contributed by atoms with van der Waals surface area (Å²) >= 11 is 0. The van der Waals surface area contributed by atoms with Crippen LogP contribution < -0.4 is 10.6 Å². The first-order chi connectivity index (χ1) is 10.1. The maximum atomic E-state index is 11.5. The molecule has 1 aromatic carbocycles. The van der Waals surface area contributed by atoms with Crippen LogP contribution in [0.1, 0.15) is 31.5 Å². The minimum atomic E-state index is 0.0321. The van der Waals surface area contributed by atoms with Crippen LogP contribution in [0.3, 0.4) is 0 Å². The zero-order chi connectivity index (χ0) is 15.2. The summed E-state index contributed by atoms with van der Waals surface area (Å²) in [6.45, 7) is 7.78. The monoisotopic (exact) mass is 285 g/mol. The molecule has 0 atom stereocenters. The van der Waals surface area contributed by atoms with Crippen molar-refractivity contribution in [3.8, 4) is 0 Å². The van der Waals surface area contributed by atoms with E-state index in [1.165, 1.54) is 11.3 Å². The largest absolute Gasteiger partial charge is 0.379 e. The van der Waals surface area contributed by atoms with Gasteiger partial charge in [0.1, 0.15) is 0 Å². The summed E-state index contributed by atoms with van der Waals surface area (Å²) in [5.41, 5.74) is 4.30. The molecule has 112 valence electrons. The second-order valence-electron chi connectivity index (χ2n) is 5.07. The van der Waals surface area contributed by atoms with E-state index in [4.69, 9.17) is 0 Å². The Morgan fingerprint density at radius 1 is 1.24 bits per heavy atom. The average molecular weight is 285 g/mol. The summed E-state index contributed by atoms with van der Waals surface area (Å²) < 4.78 is 2.21. The maximum absolute atomic E-state index is 11.5. The summed E-state index contributed by atoms with van der Waals surface area (Å²) in [6, 6.07) is 10.1. The lowest BCUT2D eigenvalue weighted by Crippen LogP contribution is -2.10. The smallest absolute Gasteiger partial charge is 0.224 e. The summed E-state index contributed by atoms with van der Waals surface area (Å²) in [6.07, 6.45) is 2.57. The first kappa shape index (κ1) is 15.2. The van der Waals surface area contributed by atoms with Gasteiger partial charge in [0.2, 0.25) is 5.91 Å². The maximum Gasteiger partial charge on any atom is 0.224 e. The fourth-order valence-corrected chi connectivity index (χ4v) is 2.24. The number of nitrogens with one attached hydrogen (secondary N) is 2. The zero-order valence-corrected chi connectivity index (χ0v) is 12.9. The third kappa shape index (κ3) is 3.88. The molecule has 0 saturated carbocycles. The van der Waals surface area contributed by atoms with Gasteiger partial charge in [0.05, 0.1) is 6.54 Å². The third-order valence-corrected chi connectivity index (χ3v) is 3.57. The molecule has 0 fully saturated rings. The van der Waals surface area contributed by atoms with Crippen molar-refractivity contribution in [3.63, 3.8) is 0 Å². The van der Waals surface area contributed by atoms with E-state index in [0.29, 0.717) is 6.42 Å². The second kappa shape index (κ2) is 6.97. The van der Waals surface area contributed by atoms with Gasteiger partial charge in [-0.25, -0.2) is 0 Å². The number of benzene rings is 1. The first-order valence-electron chi connectivity index (χ1n) is 7.42. The number of nitrogens with zero attached hydrogens (tertiary/aromatic N) is 1. The molecular formula is C17H23N3O. The van der Waals surface area contributed by atoms with Crippen molar-refractivity contribution in [2.24, 2.45) is 0 Å². The Labute approximate surface area is 126 Å². The van der Waals surface area contributed by atoms with Crippen LogP contribution in [0.4, 0.5) is 11.4 Å². The Kier molecular flexibility index (Phi) is 5.04. The molecule has 0 unspecified atom stereocenters. The van der Waals surface area contributed by atoms with Crippen LogP contribution in [0.15, 0.2) is 36.5 Å². The van der Waals surface area contributed by atoms with E-state index in [1.807, 2.05) is 25.1 Å². The minimum absolute atomic E-state index is 0.0321. The summed E-state index contributed by atoms with van der Waals surface area (Å²) in [7, 11) is 0. The van der Waals surface area contributed by atoms with Gasteiger partial charge >= 0.3 is 0 Å². The van der Waals surface area contributed by atoms with Crippen LogP contribution in [-0.2, 0) is 17.9 Å². The lowest BCUT2D eigenvalue weighted by Gasteiger charge is -2.13. The van der Waals surface area contributed by atoms with Gasteiger partial charge in [-0.2, -0.15) is 0 Å². The van der Waals surface area contributed by atoms with Gasteiger partial charge in [0.15, 0.2) is 0 Å². The highest BCUT2D eigenvalue weighted by atomic mass is 16.1. The quantitative estimate of drug-likeness (QED) is 0.848. The topological polar surface area (TPSA) is 46.1 Å². The van der Waals surface area contributed by atoms with Gasteiger partial charge in [-0.1, -0.05) is 13.0 Å². The van der Waals surface area contributed by atoms with Gasteiger partial charge in [-0.15, -0.1) is 0 Å². The Morgan fingerprint density at radius 3 is 2.76 bits per heavy atom. The fraction of sp³-hybridized carbons (Fsp3) is 0.353. The molecule has 1 aromatic heterocycles. The third-order valence-electron chi connectivity index (χ3n) is 3.57. The van der Waals surface area contributed by atoms with Gasteiger partial charge < -0.3 is 15.2 Å². The van der Waals surface area contributed by atoms with Gasteiger partial charge in [0.25, 0.3) is 0 Å². The Hall–Kier alpha value is -2.23. The van der Waals surface area contributed by atoms with Crippen LogP contribution in [0.5, 0.6) is 0 Å². The first-order valence-corrected chi connectivity index (χ1v) is 7.42. The highest BCUT2D eigenvalue weighted by Gasteiger charge is 2.04. The number of aromatic nitrogens is 1. The van der Waals surface area contributed by atoms with Gasteiger partial charge in [-0.05, 0) is 43.7 Å². The molecular weight excluding hydrogens is 262 g/mol. The molecule has 0 aliphatic carbocycles. The van der Waals surface area contributed by atoms with Crippen molar-refractivity contribution in [2.75, 3.05) is 10.6 Å². The number of carbonyl (C=O) groups excluding carboxylic acids is 1. The van der Waals surface area contributed by atoms with E-state index in [-0.39, 0.29) is 5.91 Å². The number of aryl methyl sites for hydroxylation is 2. The van der Waals surface area contributed by atoms with Crippen molar-refractivity contribution in [1.82, 2.24) is 4.57 Å². The lowest BCUT2D eigenvalue weighted by molar-refractivity contribution is -0.115. The normalized spacial score (nSPS) is 10.4. The average Bonchev–Trinajstić information content (AvgIpc) is 2.95.